The molecule has 30 heavy (non-hydrogen) atoms. The lowest BCUT2D eigenvalue weighted by atomic mass is 10.1. The number of para-hydroxylation sites is 1. The highest BCUT2D eigenvalue weighted by atomic mass is 79.9. The van der Waals surface area contributed by atoms with Crippen molar-refractivity contribution in [1.29, 1.82) is 0 Å². The molecule has 0 fully saturated rings. The highest BCUT2D eigenvalue weighted by molar-refractivity contribution is 9.10. The first-order valence-electron chi connectivity index (χ1n) is 9.45. The van der Waals surface area contributed by atoms with Gasteiger partial charge in [0.2, 0.25) is 0 Å². The summed E-state index contributed by atoms with van der Waals surface area (Å²) < 4.78 is 2.80. The predicted octanol–water partition coefficient (Wildman–Crippen LogP) is 5.85. The van der Waals surface area contributed by atoms with Crippen LogP contribution < -0.4 is 5.56 Å². The normalized spacial score (nSPS) is 11.1. The number of hydrogen-bond donors (Lipinski definition) is 1. The second-order valence-electron chi connectivity index (χ2n) is 6.81. The van der Waals surface area contributed by atoms with E-state index in [0.717, 1.165) is 21.4 Å². The number of phenolic OH excluding ortho intramolecular Hbond substituents is 1. The Kier molecular flexibility index (Phi) is 5.63. The monoisotopic (exact) mass is 458 g/mol. The van der Waals surface area contributed by atoms with Gasteiger partial charge in [0, 0.05) is 21.4 Å². The van der Waals surface area contributed by atoms with E-state index in [2.05, 4.69) is 20.9 Å². The van der Waals surface area contributed by atoms with Crippen LogP contribution in [0, 0.1) is 6.92 Å². The van der Waals surface area contributed by atoms with Crippen molar-refractivity contribution in [1.82, 2.24) is 9.55 Å². The highest BCUT2D eigenvalue weighted by Crippen LogP contribution is 2.26. The molecule has 1 N–H and O–H groups in total. The first-order valence-corrected chi connectivity index (χ1v) is 10.2. The lowest BCUT2D eigenvalue weighted by molar-refractivity contribution is 0.474. The van der Waals surface area contributed by atoms with E-state index in [0.29, 0.717) is 17.0 Å². The number of aromatic hydroxyl groups is 1. The summed E-state index contributed by atoms with van der Waals surface area (Å²) in [6.45, 7) is 1.92. The van der Waals surface area contributed by atoms with Gasteiger partial charge in [-0.3, -0.25) is 9.36 Å². The maximum absolute atomic E-state index is 13.0. The number of phenols is 1. The van der Waals surface area contributed by atoms with Crippen LogP contribution in [0.2, 0.25) is 0 Å². The average molecular weight is 459 g/mol. The van der Waals surface area contributed by atoms with Crippen LogP contribution in [0.4, 0.5) is 0 Å². The quantitative estimate of drug-likeness (QED) is 0.417. The number of rotatable bonds is 4. The second-order valence-corrected chi connectivity index (χ2v) is 7.72. The van der Waals surface area contributed by atoms with Gasteiger partial charge in [-0.1, -0.05) is 64.5 Å². The first kappa shape index (κ1) is 19.9. The Morgan fingerprint density at radius 3 is 2.30 bits per heavy atom. The molecule has 1 heterocycles. The van der Waals surface area contributed by atoms with Crippen molar-refractivity contribution in [2.24, 2.45) is 0 Å². The van der Waals surface area contributed by atoms with Gasteiger partial charge < -0.3 is 5.11 Å². The number of halogens is 1. The van der Waals surface area contributed by atoms with Crippen LogP contribution in [0.3, 0.4) is 0 Å². The van der Waals surface area contributed by atoms with Crippen molar-refractivity contribution in [3.8, 4) is 22.6 Å². The summed E-state index contributed by atoms with van der Waals surface area (Å²) in [5.74, 6) is 0.642. The summed E-state index contributed by atoms with van der Waals surface area (Å²) in [4.78, 5) is 17.3. The Balaban J connectivity index is 1.94. The molecule has 0 atom stereocenters. The third-order valence-electron chi connectivity index (χ3n) is 4.83. The molecule has 0 amide bonds. The Hall–Kier alpha value is -3.44. The zero-order chi connectivity index (χ0) is 21.1. The van der Waals surface area contributed by atoms with E-state index in [9.17, 15) is 9.90 Å². The standard InChI is InChI=1S/C25H19BrN2O2/c1-17-24(18-8-4-2-5-9-18)25(30)27-23(28(17)21-10-6-3-7-11-21)15-12-19-16-20(26)13-14-22(19)29/h2-16,29H,1H3. The number of benzene rings is 3. The molecule has 4 rings (SSSR count). The topological polar surface area (TPSA) is 55.1 Å². The van der Waals surface area contributed by atoms with Crippen molar-refractivity contribution in [2.45, 2.75) is 6.92 Å². The van der Waals surface area contributed by atoms with E-state index < -0.39 is 0 Å². The number of nitrogens with zero attached hydrogens (tertiary/aromatic N) is 2. The molecule has 0 spiro atoms. The molecule has 0 saturated heterocycles. The van der Waals surface area contributed by atoms with E-state index in [1.807, 2.05) is 78.2 Å². The summed E-state index contributed by atoms with van der Waals surface area (Å²) in [5.41, 5.74) is 3.44. The average Bonchev–Trinajstić information content (AvgIpc) is 2.75. The summed E-state index contributed by atoms with van der Waals surface area (Å²) in [7, 11) is 0. The first-order chi connectivity index (χ1) is 14.5. The SMILES string of the molecule is Cc1c(-c2ccccc2)c(=O)nc(C=Cc2cc(Br)ccc2O)n1-c1ccccc1. The molecule has 4 aromatic rings. The molecule has 0 radical (unpaired) electrons. The van der Waals surface area contributed by atoms with Crippen molar-refractivity contribution < 1.29 is 5.11 Å². The van der Waals surface area contributed by atoms with Gasteiger partial charge in [-0.05, 0) is 55.0 Å². The third kappa shape index (κ3) is 3.98. The van der Waals surface area contributed by atoms with Gasteiger partial charge in [-0.2, -0.15) is 4.98 Å². The molecule has 1 aromatic heterocycles. The van der Waals surface area contributed by atoms with Gasteiger partial charge in [0.05, 0.1) is 5.56 Å². The highest BCUT2D eigenvalue weighted by Gasteiger charge is 2.15. The summed E-state index contributed by atoms with van der Waals surface area (Å²) in [6, 6.07) is 24.5. The fraction of sp³-hybridized carbons (Fsp3) is 0.0400. The van der Waals surface area contributed by atoms with Crippen LogP contribution in [0.1, 0.15) is 17.1 Å². The predicted molar refractivity (Wildman–Crippen MR) is 125 cm³/mol. The van der Waals surface area contributed by atoms with Gasteiger partial charge >= 0.3 is 0 Å². The van der Waals surface area contributed by atoms with E-state index in [4.69, 9.17) is 0 Å². The molecule has 3 aromatic carbocycles. The Bertz CT molecular complexity index is 1280. The van der Waals surface area contributed by atoms with Crippen molar-refractivity contribution in [3.05, 3.63) is 111 Å². The molecule has 0 aliphatic heterocycles. The zero-order valence-electron chi connectivity index (χ0n) is 16.3. The minimum Gasteiger partial charge on any atom is -0.507 e. The maximum atomic E-state index is 13.0. The lowest BCUT2D eigenvalue weighted by Crippen LogP contribution is -2.20. The van der Waals surface area contributed by atoms with Gasteiger partial charge in [-0.25, -0.2) is 0 Å². The van der Waals surface area contributed by atoms with E-state index in [1.165, 1.54) is 0 Å². The molecule has 4 nitrogen and oxygen atoms in total. The molecule has 0 aliphatic carbocycles. The van der Waals surface area contributed by atoms with Gasteiger partial charge in [0.25, 0.3) is 5.56 Å². The van der Waals surface area contributed by atoms with Crippen LogP contribution in [-0.4, -0.2) is 14.7 Å². The molecule has 0 aliphatic rings. The molecule has 0 unspecified atom stereocenters. The fourth-order valence-electron chi connectivity index (χ4n) is 3.42. The van der Waals surface area contributed by atoms with Crippen molar-refractivity contribution >= 4 is 28.1 Å². The fourth-order valence-corrected chi connectivity index (χ4v) is 3.80. The minimum atomic E-state index is -0.288. The van der Waals surface area contributed by atoms with Crippen LogP contribution in [0.15, 0.2) is 88.1 Å². The number of hydrogen-bond acceptors (Lipinski definition) is 3. The van der Waals surface area contributed by atoms with Gasteiger partial charge in [0.15, 0.2) is 0 Å². The molecule has 0 saturated carbocycles. The Labute approximate surface area is 182 Å². The van der Waals surface area contributed by atoms with Crippen LogP contribution in [0.5, 0.6) is 5.75 Å². The van der Waals surface area contributed by atoms with Crippen LogP contribution in [-0.2, 0) is 0 Å². The van der Waals surface area contributed by atoms with Gasteiger partial charge in [-0.15, -0.1) is 0 Å². The molecule has 0 bridgehead atoms. The third-order valence-corrected chi connectivity index (χ3v) is 5.33. The second kappa shape index (κ2) is 8.51. The largest absolute Gasteiger partial charge is 0.507 e. The molecule has 5 heteroatoms. The van der Waals surface area contributed by atoms with Crippen molar-refractivity contribution in [2.75, 3.05) is 0 Å². The Morgan fingerprint density at radius 2 is 1.60 bits per heavy atom. The molecular weight excluding hydrogens is 440 g/mol. The van der Waals surface area contributed by atoms with Crippen molar-refractivity contribution in [3.63, 3.8) is 0 Å². The van der Waals surface area contributed by atoms with E-state index in [-0.39, 0.29) is 11.3 Å². The molecule has 148 valence electrons. The zero-order valence-corrected chi connectivity index (χ0v) is 17.9. The minimum absolute atomic E-state index is 0.153. The molecular formula is C25H19BrN2O2. The summed E-state index contributed by atoms with van der Waals surface area (Å²) >= 11 is 3.42. The summed E-state index contributed by atoms with van der Waals surface area (Å²) in [5, 5.41) is 10.1. The van der Waals surface area contributed by atoms with E-state index >= 15 is 0 Å². The van der Waals surface area contributed by atoms with Crippen LogP contribution in [0.25, 0.3) is 29.0 Å². The van der Waals surface area contributed by atoms with Gasteiger partial charge in [0.1, 0.15) is 11.6 Å². The Morgan fingerprint density at radius 1 is 0.933 bits per heavy atom. The maximum Gasteiger partial charge on any atom is 0.281 e. The summed E-state index contributed by atoms with van der Waals surface area (Å²) in [6.07, 6.45) is 3.50. The number of aromatic nitrogens is 2. The van der Waals surface area contributed by atoms with E-state index in [1.54, 1.807) is 24.3 Å². The van der Waals surface area contributed by atoms with Crippen LogP contribution >= 0.6 is 15.9 Å². The smallest absolute Gasteiger partial charge is 0.281 e. The lowest BCUT2D eigenvalue weighted by Gasteiger charge is -2.17.